The highest BCUT2D eigenvalue weighted by atomic mass is 32.2. The third-order valence-electron chi connectivity index (χ3n) is 7.14. The molecule has 122 valence electrons. The molecule has 0 amide bonds. The van der Waals surface area contributed by atoms with Crippen molar-refractivity contribution in [2.24, 2.45) is 16.7 Å². The van der Waals surface area contributed by atoms with Gasteiger partial charge in [0.05, 0.1) is 0 Å². The lowest BCUT2D eigenvalue weighted by molar-refractivity contribution is 0.128. The molecule has 1 N–H and O–H groups in total. The van der Waals surface area contributed by atoms with Crippen LogP contribution in [0.2, 0.25) is 0 Å². The maximum Gasteiger partial charge on any atom is 0.279 e. The van der Waals surface area contributed by atoms with Crippen LogP contribution >= 0.6 is 0 Å². The molecular weight excluding hydrogens is 284 g/mol. The largest absolute Gasteiger partial charge is 0.279 e. The lowest BCUT2D eigenvalue weighted by Crippen LogP contribution is -2.54. The molecule has 1 aliphatic heterocycles. The molecular formula is C16H30N2O2S. The standard InChI is InChI=1S/C16H30N2O2S/c1-12-7-5-6-10-18(12)21(19,20)17-14-11-13-8-9-16(14,4)15(13,2)3/h12-14,17H,5-11H2,1-4H3/t12-,13+,14+,16+/m0/s1. The zero-order chi connectivity index (χ0) is 15.5. The molecule has 1 heterocycles. The Bertz CT molecular complexity index is 516. The zero-order valence-corrected chi connectivity index (χ0v) is 14.7. The van der Waals surface area contributed by atoms with Crippen molar-refractivity contribution in [1.82, 2.24) is 9.03 Å². The van der Waals surface area contributed by atoms with Gasteiger partial charge in [0.2, 0.25) is 0 Å². The molecule has 1 saturated heterocycles. The lowest BCUT2D eigenvalue weighted by Gasteiger charge is -2.41. The Hall–Kier alpha value is -0.130. The number of piperidine rings is 1. The first-order valence-electron chi connectivity index (χ1n) is 8.47. The van der Waals surface area contributed by atoms with Gasteiger partial charge in [-0.1, -0.05) is 27.2 Å². The molecule has 21 heavy (non-hydrogen) atoms. The monoisotopic (exact) mass is 314 g/mol. The van der Waals surface area contributed by atoms with Gasteiger partial charge in [0, 0.05) is 18.6 Å². The van der Waals surface area contributed by atoms with Crippen molar-refractivity contribution in [3.05, 3.63) is 0 Å². The Balaban J connectivity index is 1.78. The molecule has 2 bridgehead atoms. The maximum absolute atomic E-state index is 12.8. The molecule has 3 aliphatic rings. The molecule has 5 heteroatoms. The highest BCUT2D eigenvalue weighted by Crippen LogP contribution is 2.65. The predicted molar refractivity (Wildman–Crippen MR) is 85.1 cm³/mol. The molecule has 2 saturated carbocycles. The average Bonchev–Trinajstić information content (AvgIpc) is 2.72. The second kappa shape index (κ2) is 4.93. The summed E-state index contributed by atoms with van der Waals surface area (Å²) in [6.07, 6.45) is 6.52. The molecule has 0 aromatic rings. The van der Waals surface area contributed by atoms with E-state index < -0.39 is 10.2 Å². The third kappa shape index (κ3) is 2.27. The van der Waals surface area contributed by atoms with E-state index in [4.69, 9.17) is 0 Å². The van der Waals surface area contributed by atoms with E-state index in [2.05, 4.69) is 25.5 Å². The number of nitrogens with one attached hydrogen (secondary N) is 1. The van der Waals surface area contributed by atoms with Crippen LogP contribution in [0.3, 0.4) is 0 Å². The van der Waals surface area contributed by atoms with Gasteiger partial charge in [-0.3, -0.25) is 0 Å². The summed E-state index contributed by atoms with van der Waals surface area (Å²) in [7, 11) is -3.34. The Morgan fingerprint density at radius 2 is 1.86 bits per heavy atom. The van der Waals surface area contributed by atoms with Crippen LogP contribution in [0.25, 0.3) is 0 Å². The first-order valence-corrected chi connectivity index (χ1v) is 9.91. The van der Waals surface area contributed by atoms with E-state index in [1.165, 1.54) is 6.42 Å². The van der Waals surface area contributed by atoms with Crippen LogP contribution in [0.5, 0.6) is 0 Å². The normalized spacial score (nSPS) is 43.3. The minimum Gasteiger partial charge on any atom is -0.198 e. The second-order valence-electron chi connectivity index (χ2n) is 8.24. The van der Waals surface area contributed by atoms with Crippen molar-refractivity contribution < 1.29 is 8.42 Å². The van der Waals surface area contributed by atoms with E-state index in [1.807, 2.05) is 6.92 Å². The Morgan fingerprint density at radius 1 is 1.14 bits per heavy atom. The molecule has 0 spiro atoms. The fourth-order valence-corrected chi connectivity index (χ4v) is 6.86. The summed E-state index contributed by atoms with van der Waals surface area (Å²) in [5.41, 5.74) is 0.345. The maximum atomic E-state index is 12.8. The number of fused-ring (bicyclic) bond motifs is 2. The van der Waals surface area contributed by atoms with Gasteiger partial charge >= 0.3 is 0 Å². The van der Waals surface area contributed by atoms with E-state index in [9.17, 15) is 8.42 Å². The van der Waals surface area contributed by atoms with Crippen molar-refractivity contribution in [2.45, 2.75) is 78.3 Å². The van der Waals surface area contributed by atoms with E-state index >= 15 is 0 Å². The van der Waals surface area contributed by atoms with Gasteiger partial charge in [-0.2, -0.15) is 17.4 Å². The molecule has 4 atom stereocenters. The Labute approximate surface area is 129 Å². The van der Waals surface area contributed by atoms with E-state index in [1.54, 1.807) is 4.31 Å². The van der Waals surface area contributed by atoms with Gasteiger partial charge in [0.25, 0.3) is 10.2 Å². The summed E-state index contributed by atoms with van der Waals surface area (Å²) in [6.45, 7) is 9.63. The average molecular weight is 314 g/mol. The molecule has 0 radical (unpaired) electrons. The van der Waals surface area contributed by atoms with Crippen LogP contribution in [0.4, 0.5) is 0 Å². The molecule has 0 unspecified atom stereocenters. The topological polar surface area (TPSA) is 49.4 Å². The SMILES string of the molecule is C[C@H]1CCCCN1S(=O)(=O)N[C@@H]1C[C@H]2CC[C@@]1(C)C2(C)C. The lowest BCUT2D eigenvalue weighted by atomic mass is 9.69. The fourth-order valence-electron chi connectivity index (χ4n) is 5.06. The highest BCUT2D eigenvalue weighted by Gasteiger charge is 2.62. The van der Waals surface area contributed by atoms with E-state index in [0.29, 0.717) is 12.5 Å². The second-order valence-corrected chi connectivity index (χ2v) is 9.90. The van der Waals surface area contributed by atoms with Crippen LogP contribution in [0.1, 0.15) is 66.2 Å². The summed E-state index contributed by atoms with van der Waals surface area (Å²) in [4.78, 5) is 0. The molecule has 0 aromatic carbocycles. The summed E-state index contributed by atoms with van der Waals surface area (Å²) in [6, 6.07) is 0.237. The Kier molecular flexibility index (Phi) is 3.70. The van der Waals surface area contributed by atoms with Crippen LogP contribution in [0, 0.1) is 16.7 Å². The summed E-state index contributed by atoms with van der Waals surface area (Å²) in [5, 5.41) is 0. The number of hydrogen-bond donors (Lipinski definition) is 1. The molecule has 3 fully saturated rings. The minimum atomic E-state index is -3.34. The third-order valence-corrected chi connectivity index (χ3v) is 8.88. The van der Waals surface area contributed by atoms with Gasteiger partial charge in [0.15, 0.2) is 0 Å². The van der Waals surface area contributed by atoms with E-state index in [-0.39, 0.29) is 22.9 Å². The van der Waals surface area contributed by atoms with Crippen LogP contribution in [-0.4, -0.2) is 31.4 Å². The fraction of sp³-hybridized carbons (Fsp3) is 1.00. The summed E-state index contributed by atoms with van der Waals surface area (Å²) >= 11 is 0. The summed E-state index contributed by atoms with van der Waals surface area (Å²) < 4.78 is 30.4. The van der Waals surface area contributed by atoms with Crippen molar-refractivity contribution in [3.8, 4) is 0 Å². The van der Waals surface area contributed by atoms with Crippen molar-refractivity contribution >= 4 is 10.2 Å². The van der Waals surface area contributed by atoms with Gasteiger partial charge in [0.1, 0.15) is 0 Å². The minimum absolute atomic E-state index is 0.101. The van der Waals surface area contributed by atoms with Crippen molar-refractivity contribution in [3.63, 3.8) is 0 Å². The molecule has 0 aromatic heterocycles. The van der Waals surface area contributed by atoms with Gasteiger partial charge in [-0.15, -0.1) is 0 Å². The predicted octanol–water partition coefficient (Wildman–Crippen LogP) is 2.91. The van der Waals surface area contributed by atoms with E-state index in [0.717, 1.165) is 32.1 Å². The first-order chi connectivity index (χ1) is 9.68. The number of rotatable bonds is 3. The number of hydrogen-bond acceptors (Lipinski definition) is 2. The molecule has 2 aliphatic carbocycles. The first kappa shape index (κ1) is 15.8. The molecule has 4 nitrogen and oxygen atoms in total. The van der Waals surface area contributed by atoms with Crippen LogP contribution < -0.4 is 4.72 Å². The van der Waals surface area contributed by atoms with Crippen molar-refractivity contribution in [2.75, 3.05) is 6.54 Å². The zero-order valence-electron chi connectivity index (χ0n) is 13.9. The van der Waals surface area contributed by atoms with Crippen molar-refractivity contribution in [1.29, 1.82) is 0 Å². The van der Waals surface area contributed by atoms with Gasteiger partial charge < -0.3 is 0 Å². The number of nitrogens with zero attached hydrogens (tertiary/aromatic N) is 1. The van der Waals surface area contributed by atoms with Crippen LogP contribution in [-0.2, 0) is 10.2 Å². The van der Waals surface area contributed by atoms with Gasteiger partial charge in [-0.05, 0) is 55.8 Å². The smallest absolute Gasteiger partial charge is 0.198 e. The molecule has 3 rings (SSSR count). The van der Waals surface area contributed by atoms with Gasteiger partial charge in [-0.25, -0.2) is 0 Å². The highest BCUT2D eigenvalue weighted by molar-refractivity contribution is 7.87. The van der Waals surface area contributed by atoms with Crippen LogP contribution in [0.15, 0.2) is 0 Å². The Morgan fingerprint density at radius 3 is 2.38 bits per heavy atom. The quantitative estimate of drug-likeness (QED) is 0.871. The summed E-state index contributed by atoms with van der Waals surface area (Å²) in [5.74, 6) is 0.661.